The molecule has 1 aromatic heterocycles. The summed E-state index contributed by atoms with van der Waals surface area (Å²) >= 11 is 5.50. The molecule has 4 fully saturated rings. The Labute approximate surface area is 176 Å². The van der Waals surface area contributed by atoms with Crippen LogP contribution in [0.3, 0.4) is 0 Å². The number of amides is 1. The molecule has 0 spiro atoms. The molecule has 0 aliphatic heterocycles. The second-order valence-corrected chi connectivity index (χ2v) is 9.51. The number of rotatable bonds is 5. The van der Waals surface area contributed by atoms with Gasteiger partial charge < -0.3 is 9.55 Å². The Balaban J connectivity index is 1.26. The van der Waals surface area contributed by atoms with Crippen LogP contribution in [0.4, 0.5) is 0 Å². The minimum Gasteiger partial charge on any atom is -0.334 e. The highest BCUT2D eigenvalue weighted by atomic mass is 32.1. The van der Waals surface area contributed by atoms with Gasteiger partial charge in [0.05, 0.1) is 13.0 Å². The smallest absolute Gasteiger partial charge is 0.246 e. The van der Waals surface area contributed by atoms with E-state index in [1.165, 1.54) is 43.4 Å². The van der Waals surface area contributed by atoms with E-state index in [1.807, 2.05) is 25.1 Å². The first-order chi connectivity index (χ1) is 14.1. The molecule has 4 bridgehead atoms. The summed E-state index contributed by atoms with van der Waals surface area (Å²) in [5.74, 6) is 2.94. The monoisotopic (exact) mass is 408 g/mol. The highest BCUT2D eigenvalue weighted by Crippen LogP contribution is 2.52. The molecule has 2 N–H and O–H groups in total. The summed E-state index contributed by atoms with van der Waals surface area (Å²) in [6.45, 7) is 2.72. The molecule has 5 nitrogen and oxygen atoms in total. The zero-order chi connectivity index (χ0) is 20.0. The highest BCUT2D eigenvalue weighted by Gasteiger charge is 2.46. The van der Waals surface area contributed by atoms with Crippen LogP contribution >= 0.6 is 12.2 Å². The molecule has 4 aliphatic carbocycles. The minimum absolute atomic E-state index is 0.0717. The van der Waals surface area contributed by atoms with Crippen LogP contribution in [0.1, 0.15) is 49.1 Å². The Morgan fingerprint density at radius 1 is 1.14 bits per heavy atom. The topological polar surface area (TPSA) is 62.2 Å². The summed E-state index contributed by atoms with van der Waals surface area (Å²) in [4.78, 5) is 15.8. The molecule has 1 amide bonds. The molecule has 1 aromatic carbocycles. The van der Waals surface area contributed by atoms with Crippen molar-refractivity contribution in [3.05, 3.63) is 52.1 Å². The van der Waals surface area contributed by atoms with Gasteiger partial charge in [-0.2, -0.15) is 5.10 Å². The highest BCUT2D eigenvalue weighted by molar-refractivity contribution is 7.71. The number of carbonyl (C=O) groups excluding carboxylic acids is 1. The van der Waals surface area contributed by atoms with Crippen LogP contribution < -0.4 is 5.43 Å². The van der Waals surface area contributed by atoms with Crippen LogP contribution in [-0.2, 0) is 17.8 Å². The third-order valence-corrected chi connectivity index (χ3v) is 7.47. The number of nitrogens with zero attached hydrogens (tertiary/aromatic N) is 2. The fraction of sp³-hybridized carbons (Fsp3) is 0.522. The van der Waals surface area contributed by atoms with Gasteiger partial charge in [0.15, 0.2) is 4.77 Å². The Kier molecular flexibility index (Phi) is 4.90. The van der Waals surface area contributed by atoms with Crippen molar-refractivity contribution in [3.63, 3.8) is 0 Å². The van der Waals surface area contributed by atoms with E-state index >= 15 is 0 Å². The van der Waals surface area contributed by atoms with Gasteiger partial charge in [-0.3, -0.25) is 4.79 Å². The number of benzene rings is 1. The Hall–Kier alpha value is -2.21. The van der Waals surface area contributed by atoms with Gasteiger partial charge in [-0.15, -0.1) is 0 Å². The van der Waals surface area contributed by atoms with Gasteiger partial charge in [0, 0.05) is 17.1 Å². The van der Waals surface area contributed by atoms with Crippen molar-refractivity contribution in [1.29, 1.82) is 0 Å². The zero-order valence-corrected chi connectivity index (χ0v) is 17.7. The molecule has 152 valence electrons. The summed E-state index contributed by atoms with van der Waals surface area (Å²) < 4.78 is 2.71. The number of imidazole rings is 1. The summed E-state index contributed by atoms with van der Waals surface area (Å²) in [5.41, 5.74) is 7.18. The number of hydrogen-bond acceptors (Lipinski definition) is 3. The molecular formula is C23H28N4OS. The van der Waals surface area contributed by atoms with E-state index in [0.29, 0.717) is 23.2 Å². The maximum Gasteiger partial charge on any atom is 0.246 e. The predicted molar refractivity (Wildman–Crippen MR) is 116 cm³/mol. The SMILES string of the molecule is Cc1c(CC(=O)NN=C2C3CC4CC(C3)CC2C4)[nH]c(=S)n1Cc1ccccc1. The third kappa shape index (κ3) is 3.70. The first-order valence-electron chi connectivity index (χ1n) is 10.8. The molecule has 0 saturated heterocycles. The first-order valence-corrected chi connectivity index (χ1v) is 11.2. The van der Waals surface area contributed by atoms with Gasteiger partial charge in [-0.05, 0) is 80.5 Å². The molecule has 1 heterocycles. The van der Waals surface area contributed by atoms with E-state index in [4.69, 9.17) is 12.2 Å². The third-order valence-electron chi connectivity index (χ3n) is 7.15. The maximum absolute atomic E-state index is 12.6. The molecule has 0 radical (unpaired) electrons. The van der Waals surface area contributed by atoms with Gasteiger partial charge in [-0.1, -0.05) is 30.3 Å². The fourth-order valence-corrected chi connectivity index (χ4v) is 6.23. The van der Waals surface area contributed by atoms with E-state index in [1.54, 1.807) is 0 Å². The molecular weight excluding hydrogens is 380 g/mol. The Morgan fingerprint density at radius 2 is 1.79 bits per heavy atom. The molecule has 4 saturated carbocycles. The van der Waals surface area contributed by atoms with Crippen molar-refractivity contribution in [1.82, 2.24) is 15.0 Å². The van der Waals surface area contributed by atoms with Crippen LogP contribution in [0, 0.1) is 35.4 Å². The van der Waals surface area contributed by atoms with Crippen molar-refractivity contribution in [2.24, 2.45) is 28.8 Å². The molecule has 6 rings (SSSR count). The summed E-state index contributed by atoms with van der Waals surface area (Å²) in [5, 5.41) is 4.62. The average Bonchev–Trinajstić information content (AvgIpc) is 2.95. The van der Waals surface area contributed by atoms with Crippen LogP contribution in [0.2, 0.25) is 0 Å². The number of hydrogen-bond donors (Lipinski definition) is 2. The van der Waals surface area contributed by atoms with E-state index in [9.17, 15) is 4.79 Å². The lowest BCUT2D eigenvalue weighted by Gasteiger charge is -2.50. The predicted octanol–water partition coefficient (Wildman–Crippen LogP) is 4.37. The maximum atomic E-state index is 12.6. The second kappa shape index (κ2) is 7.56. The second-order valence-electron chi connectivity index (χ2n) is 9.12. The average molecular weight is 409 g/mol. The zero-order valence-electron chi connectivity index (χ0n) is 16.9. The van der Waals surface area contributed by atoms with Gasteiger partial charge in [-0.25, -0.2) is 5.43 Å². The number of carbonyl (C=O) groups is 1. The van der Waals surface area contributed by atoms with Gasteiger partial charge >= 0.3 is 0 Å². The number of aromatic amines is 1. The van der Waals surface area contributed by atoms with Crippen LogP contribution in [0.25, 0.3) is 0 Å². The van der Waals surface area contributed by atoms with Crippen molar-refractivity contribution >= 4 is 23.8 Å². The number of hydrazone groups is 1. The van der Waals surface area contributed by atoms with E-state index in [-0.39, 0.29) is 12.3 Å². The largest absolute Gasteiger partial charge is 0.334 e. The molecule has 0 unspecified atom stereocenters. The molecule has 29 heavy (non-hydrogen) atoms. The number of nitrogens with one attached hydrogen (secondary N) is 2. The van der Waals surface area contributed by atoms with Crippen LogP contribution in [0.5, 0.6) is 0 Å². The van der Waals surface area contributed by atoms with Gasteiger partial charge in [0.25, 0.3) is 0 Å². The minimum atomic E-state index is -0.0717. The lowest BCUT2D eigenvalue weighted by molar-refractivity contribution is -0.120. The van der Waals surface area contributed by atoms with Gasteiger partial charge in [0.1, 0.15) is 0 Å². The van der Waals surface area contributed by atoms with Crippen LogP contribution in [0.15, 0.2) is 35.4 Å². The molecule has 4 aliphatic rings. The normalized spacial score (nSPS) is 27.3. The van der Waals surface area contributed by atoms with Crippen molar-refractivity contribution < 1.29 is 4.79 Å². The molecule has 2 aromatic rings. The van der Waals surface area contributed by atoms with Crippen molar-refractivity contribution in [2.45, 2.75) is 52.0 Å². The summed E-state index contributed by atoms with van der Waals surface area (Å²) in [6, 6.07) is 10.2. The first kappa shape index (κ1) is 18.8. The van der Waals surface area contributed by atoms with E-state index < -0.39 is 0 Å². The van der Waals surface area contributed by atoms with E-state index in [2.05, 4.69) is 32.2 Å². The Bertz CT molecular complexity index is 974. The molecule has 6 heteroatoms. The molecule has 0 atom stereocenters. The standard InChI is InChI=1S/C23H28N4OS/c1-14-20(24-23(29)27(14)13-15-5-3-2-4-6-15)12-21(28)25-26-22-18-8-16-7-17(10-18)11-19(22)9-16/h2-6,16-19H,7-13H2,1H3,(H,24,29)(H,25,28). The van der Waals surface area contributed by atoms with Crippen molar-refractivity contribution in [2.75, 3.05) is 0 Å². The lowest BCUT2D eigenvalue weighted by Crippen LogP contribution is -2.46. The quantitative estimate of drug-likeness (QED) is 0.570. The summed E-state index contributed by atoms with van der Waals surface area (Å²) in [6.07, 6.45) is 6.79. The number of aromatic nitrogens is 2. The van der Waals surface area contributed by atoms with Gasteiger partial charge in [0.2, 0.25) is 5.91 Å². The van der Waals surface area contributed by atoms with E-state index in [0.717, 1.165) is 23.2 Å². The summed E-state index contributed by atoms with van der Waals surface area (Å²) in [7, 11) is 0. The fourth-order valence-electron chi connectivity index (χ4n) is 5.91. The Morgan fingerprint density at radius 3 is 2.45 bits per heavy atom. The van der Waals surface area contributed by atoms with Crippen molar-refractivity contribution in [3.8, 4) is 0 Å². The number of H-pyrrole nitrogens is 1. The van der Waals surface area contributed by atoms with Crippen LogP contribution in [-0.4, -0.2) is 21.2 Å². The lowest BCUT2D eigenvalue weighted by atomic mass is 9.55.